The van der Waals surface area contributed by atoms with Gasteiger partial charge < -0.3 is 9.80 Å². The van der Waals surface area contributed by atoms with Crippen LogP contribution in [0.1, 0.15) is 54.4 Å². The lowest BCUT2D eigenvalue weighted by atomic mass is 9.77. The molecule has 0 unspecified atom stereocenters. The average molecular weight is 420 g/mol. The van der Waals surface area contributed by atoms with Crippen molar-refractivity contribution < 1.29 is 18.0 Å². The third-order valence-electron chi connectivity index (χ3n) is 6.72. The monoisotopic (exact) mass is 419 g/mol. The summed E-state index contributed by atoms with van der Waals surface area (Å²) < 4.78 is 24.9. The Morgan fingerprint density at radius 2 is 1.69 bits per heavy atom. The fourth-order valence-electron chi connectivity index (χ4n) is 5.05. The molecule has 0 atom stereocenters. The van der Waals surface area contributed by atoms with Gasteiger partial charge in [-0.2, -0.15) is 4.31 Å². The number of amides is 2. The number of sulfonamides is 1. The van der Waals surface area contributed by atoms with Crippen molar-refractivity contribution in [1.29, 1.82) is 0 Å². The highest BCUT2D eigenvalue weighted by molar-refractivity contribution is 7.88. The highest BCUT2D eigenvalue weighted by Crippen LogP contribution is 2.41. The molecule has 4 rings (SSSR count). The van der Waals surface area contributed by atoms with E-state index < -0.39 is 15.6 Å². The summed E-state index contributed by atoms with van der Waals surface area (Å²) >= 11 is 0. The number of nitrogens with zero attached hydrogens (tertiary/aromatic N) is 3. The molecule has 7 nitrogen and oxygen atoms in total. The summed E-state index contributed by atoms with van der Waals surface area (Å²) in [6, 6.07) is 7.71. The normalized spacial score (nSPS) is 22.6. The molecule has 0 bridgehead atoms. The molecule has 2 fully saturated rings. The Balaban J connectivity index is 1.50. The van der Waals surface area contributed by atoms with Crippen molar-refractivity contribution in [3.8, 4) is 0 Å². The maximum absolute atomic E-state index is 13.2. The van der Waals surface area contributed by atoms with Crippen LogP contribution in [0.3, 0.4) is 0 Å². The average Bonchev–Trinajstić information content (AvgIpc) is 3.06. The third kappa shape index (κ3) is 3.92. The SMILES string of the molecule is CS(=O)(=O)N1CCN(C(=O)CC2(N3Cc4ccccc4C3=O)CCCCC2)CC1. The standard InChI is InChI=1S/C21H29N3O4S/c1-29(27,28)23-13-11-22(12-14-23)19(25)15-21(9-5-2-6-10-21)24-16-17-7-3-4-8-18(17)20(24)26/h3-4,7-8H,2,5-6,9-16H2,1H3. The summed E-state index contributed by atoms with van der Waals surface area (Å²) in [7, 11) is -3.22. The van der Waals surface area contributed by atoms with E-state index in [1.807, 2.05) is 29.2 Å². The summed E-state index contributed by atoms with van der Waals surface area (Å²) in [6.07, 6.45) is 6.41. The Labute approximate surface area is 172 Å². The third-order valence-corrected chi connectivity index (χ3v) is 8.02. The van der Waals surface area contributed by atoms with Crippen molar-refractivity contribution in [1.82, 2.24) is 14.1 Å². The first-order chi connectivity index (χ1) is 13.8. The Hall–Kier alpha value is -1.93. The van der Waals surface area contributed by atoms with Gasteiger partial charge in [0.2, 0.25) is 15.9 Å². The molecule has 2 aliphatic heterocycles. The number of fused-ring (bicyclic) bond motifs is 1. The lowest BCUT2D eigenvalue weighted by molar-refractivity contribution is -0.136. The van der Waals surface area contributed by atoms with Crippen molar-refractivity contribution >= 4 is 21.8 Å². The van der Waals surface area contributed by atoms with Crippen LogP contribution in [0.4, 0.5) is 0 Å². The molecule has 0 radical (unpaired) electrons. The van der Waals surface area contributed by atoms with E-state index in [1.165, 1.54) is 10.6 Å². The zero-order valence-electron chi connectivity index (χ0n) is 17.0. The molecule has 1 saturated heterocycles. The van der Waals surface area contributed by atoms with Gasteiger partial charge in [0.1, 0.15) is 0 Å². The maximum Gasteiger partial charge on any atom is 0.254 e. The molecule has 8 heteroatoms. The Morgan fingerprint density at radius 1 is 1.03 bits per heavy atom. The molecule has 1 aliphatic carbocycles. The van der Waals surface area contributed by atoms with Gasteiger partial charge in [-0.15, -0.1) is 0 Å². The van der Waals surface area contributed by atoms with Gasteiger partial charge in [0.05, 0.1) is 18.2 Å². The van der Waals surface area contributed by atoms with E-state index in [9.17, 15) is 18.0 Å². The number of carbonyl (C=O) groups excluding carboxylic acids is 2. The van der Waals surface area contributed by atoms with Gasteiger partial charge in [0.25, 0.3) is 5.91 Å². The first kappa shape index (κ1) is 20.3. The van der Waals surface area contributed by atoms with Crippen LogP contribution >= 0.6 is 0 Å². The molecule has 1 aromatic carbocycles. The molecule has 158 valence electrons. The summed E-state index contributed by atoms with van der Waals surface area (Å²) in [5, 5.41) is 0. The Morgan fingerprint density at radius 3 is 2.31 bits per heavy atom. The van der Waals surface area contributed by atoms with Crippen LogP contribution in [0, 0.1) is 0 Å². The van der Waals surface area contributed by atoms with Crippen molar-refractivity contribution in [2.45, 2.75) is 50.6 Å². The van der Waals surface area contributed by atoms with E-state index in [-0.39, 0.29) is 11.8 Å². The maximum atomic E-state index is 13.2. The van der Waals surface area contributed by atoms with E-state index in [2.05, 4.69) is 0 Å². The molecular formula is C21H29N3O4S. The molecule has 1 saturated carbocycles. The van der Waals surface area contributed by atoms with Gasteiger partial charge in [-0.05, 0) is 24.5 Å². The molecule has 3 aliphatic rings. The van der Waals surface area contributed by atoms with Crippen LogP contribution < -0.4 is 0 Å². The minimum Gasteiger partial charge on any atom is -0.340 e. The first-order valence-electron chi connectivity index (χ1n) is 10.4. The predicted octanol–water partition coefficient (Wildman–Crippen LogP) is 1.84. The van der Waals surface area contributed by atoms with Gasteiger partial charge in [0.15, 0.2) is 0 Å². The zero-order chi connectivity index (χ0) is 20.6. The number of piperazine rings is 1. The second-order valence-corrected chi connectivity index (χ2v) is 10.5. The largest absolute Gasteiger partial charge is 0.340 e. The second kappa shape index (κ2) is 7.72. The van der Waals surface area contributed by atoms with Gasteiger partial charge in [-0.1, -0.05) is 37.5 Å². The highest BCUT2D eigenvalue weighted by atomic mass is 32.2. The number of rotatable bonds is 4. The molecule has 0 N–H and O–H groups in total. The molecule has 2 heterocycles. The smallest absolute Gasteiger partial charge is 0.254 e. The molecule has 1 aromatic rings. The van der Waals surface area contributed by atoms with Crippen molar-refractivity contribution in [3.05, 3.63) is 35.4 Å². The lowest BCUT2D eigenvalue weighted by Gasteiger charge is -2.45. The quantitative estimate of drug-likeness (QED) is 0.746. The van der Waals surface area contributed by atoms with E-state index in [4.69, 9.17) is 0 Å². The van der Waals surface area contributed by atoms with Gasteiger partial charge in [-0.3, -0.25) is 9.59 Å². The first-order valence-corrected chi connectivity index (χ1v) is 12.3. The van der Waals surface area contributed by atoms with Crippen molar-refractivity contribution in [2.24, 2.45) is 0 Å². The number of benzene rings is 1. The second-order valence-electron chi connectivity index (χ2n) is 8.55. The molecular weight excluding hydrogens is 390 g/mol. The summed E-state index contributed by atoms with van der Waals surface area (Å²) in [6.45, 7) is 2.08. The molecule has 0 aromatic heterocycles. The molecule has 2 amide bonds. The number of carbonyl (C=O) groups is 2. The van der Waals surface area contributed by atoms with Crippen LogP contribution in [0.2, 0.25) is 0 Å². The van der Waals surface area contributed by atoms with E-state index >= 15 is 0 Å². The van der Waals surface area contributed by atoms with E-state index in [0.717, 1.165) is 43.2 Å². The van der Waals surface area contributed by atoms with Crippen molar-refractivity contribution in [3.63, 3.8) is 0 Å². The fraction of sp³-hybridized carbons (Fsp3) is 0.619. The summed E-state index contributed by atoms with van der Waals surface area (Å²) in [4.78, 5) is 30.0. The summed E-state index contributed by atoms with van der Waals surface area (Å²) in [5.41, 5.74) is 1.36. The molecule has 29 heavy (non-hydrogen) atoms. The summed E-state index contributed by atoms with van der Waals surface area (Å²) in [5.74, 6) is 0.0704. The van der Waals surface area contributed by atoms with Crippen LogP contribution in [-0.4, -0.2) is 72.3 Å². The highest BCUT2D eigenvalue weighted by Gasteiger charge is 2.46. The Bertz CT molecular complexity index is 900. The predicted molar refractivity (Wildman–Crippen MR) is 110 cm³/mol. The van der Waals surface area contributed by atoms with Gasteiger partial charge in [-0.25, -0.2) is 8.42 Å². The minimum absolute atomic E-state index is 0.0313. The fourth-order valence-corrected chi connectivity index (χ4v) is 5.88. The molecule has 0 spiro atoms. The van der Waals surface area contributed by atoms with Crippen LogP contribution in [-0.2, 0) is 21.4 Å². The van der Waals surface area contributed by atoms with Gasteiger partial charge in [0, 0.05) is 38.3 Å². The minimum atomic E-state index is -3.22. The lowest BCUT2D eigenvalue weighted by Crippen LogP contribution is -2.55. The topological polar surface area (TPSA) is 78.0 Å². The number of hydrogen-bond donors (Lipinski definition) is 0. The number of hydrogen-bond acceptors (Lipinski definition) is 4. The van der Waals surface area contributed by atoms with Gasteiger partial charge >= 0.3 is 0 Å². The van der Waals surface area contributed by atoms with Crippen LogP contribution in [0.5, 0.6) is 0 Å². The van der Waals surface area contributed by atoms with Crippen molar-refractivity contribution in [2.75, 3.05) is 32.4 Å². The van der Waals surface area contributed by atoms with Crippen LogP contribution in [0.25, 0.3) is 0 Å². The van der Waals surface area contributed by atoms with E-state index in [0.29, 0.717) is 39.1 Å². The van der Waals surface area contributed by atoms with Crippen LogP contribution in [0.15, 0.2) is 24.3 Å². The Kier molecular flexibility index (Phi) is 5.42. The van der Waals surface area contributed by atoms with E-state index in [1.54, 1.807) is 4.90 Å². The zero-order valence-corrected chi connectivity index (χ0v) is 17.8.